The van der Waals surface area contributed by atoms with Gasteiger partial charge in [0, 0.05) is 58.7 Å². The van der Waals surface area contributed by atoms with E-state index in [1.165, 1.54) is 0 Å². The van der Waals surface area contributed by atoms with Crippen LogP contribution in [0.3, 0.4) is 0 Å². The Balaban J connectivity index is 0.00000520. The number of hydrogen-bond acceptors (Lipinski definition) is 6. The van der Waals surface area contributed by atoms with E-state index in [0.29, 0.717) is 25.1 Å². The van der Waals surface area contributed by atoms with E-state index in [-0.39, 0.29) is 48.3 Å². The van der Waals surface area contributed by atoms with Crippen LogP contribution in [0.15, 0.2) is 43.5 Å². The van der Waals surface area contributed by atoms with E-state index in [0.717, 1.165) is 90.2 Å². The van der Waals surface area contributed by atoms with Gasteiger partial charge in [-0.25, -0.2) is 9.97 Å². The van der Waals surface area contributed by atoms with Crippen LogP contribution in [-0.4, -0.2) is 63.9 Å². The third-order valence-electron chi connectivity index (χ3n) is 9.11. The molecule has 0 fully saturated rings. The predicted molar refractivity (Wildman–Crippen MR) is 190 cm³/mol. The minimum atomic E-state index is -1.11. The number of aromatic nitrogens is 4. The standard InChI is InChI=1S/C38H44N6O3.Na/c1-9-25-21(3)29-17-30-24(6)28(12-14-38(46)47)36(42-30)20-35-27(11-13-37(45)39-15-16-44(7)8)23(5)32(43-35)19-34-26(10-2)22(4)31(41-34)18-33(25)40-29;/h9-10,17-20,40,43H,1-2,11-16H2,3-8H3,(H,39,45)(H,46,47);/q;+1/p-1. The normalized spacial score (nSPS) is 12.7. The van der Waals surface area contributed by atoms with Gasteiger partial charge in [-0.1, -0.05) is 25.3 Å². The molecular formula is C38H43N6NaO3. The zero-order chi connectivity index (χ0) is 34.0. The maximum Gasteiger partial charge on any atom is 1.00 e. The second-order valence-corrected chi connectivity index (χ2v) is 12.5. The molecule has 0 saturated heterocycles. The van der Waals surface area contributed by atoms with Crippen LogP contribution < -0.4 is 40.0 Å². The van der Waals surface area contributed by atoms with Crippen LogP contribution >= 0.6 is 0 Å². The van der Waals surface area contributed by atoms with Gasteiger partial charge < -0.3 is 30.1 Å². The molecule has 5 rings (SSSR count). The van der Waals surface area contributed by atoms with Crippen molar-refractivity contribution >= 4 is 62.3 Å². The molecule has 2 aliphatic rings. The fourth-order valence-corrected chi connectivity index (χ4v) is 6.28. The van der Waals surface area contributed by atoms with E-state index in [1.54, 1.807) is 0 Å². The predicted octanol–water partition coefficient (Wildman–Crippen LogP) is 2.77. The third kappa shape index (κ3) is 7.65. The Morgan fingerprint density at radius 2 is 1.42 bits per heavy atom. The first-order valence-electron chi connectivity index (χ1n) is 15.9. The number of nitrogens with zero attached hydrogens (tertiary/aromatic N) is 3. The average Bonchev–Trinajstić information content (AvgIpc) is 3.67. The minimum absolute atomic E-state index is 0. The smallest absolute Gasteiger partial charge is 0.550 e. The van der Waals surface area contributed by atoms with Crippen molar-refractivity contribution < 1.29 is 44.3 Å². The Labute approximate surface area is 304 Å². The van der Waals surface area contributed by atoms with Crippen molar-refractivity contribution in [2.45, 2.75) is 53.4 Å². The molecular weight excluding hydrogens is 611 g/mol. The number of hydrogen-bond donors (Lipinski definition) is 3. The number of aromatic amines is 2. The number of rotatable bonds is 11. The molecule has 0 radical (unpaired) electrons. The Morgan fingerprint density at radius 1 is 0.812 bits per heavy atom. The van der Waals surface area contributed by atoms with Crippen molar-refractivity contribution in [3.05, 3.63) is 88.5 Å². The molecule has 3 N–H and O–H groups in total. The molecule has 9 nitrogen and oxygen atoms in total. The zero-order valence-electron chi connectivity index (χ0n) is 29.2. The Hall–Kier alpha value is -4.02. The van der Waals surface area contributed by atoms with E-state index in [1.807, 2.05) is 83.1 Å². The Bertz CT molecular complexity index is 2030. The minimum Gasteiger partial charge on any atom is -0.550 e. The van der Waals surface area contributed by atoms with Gasteiger partial charge in [0.25, 0.3) is 0 Å². The molecule has 0 atom stereocenters. The number of amides is 1. The Kier molecular flexibility index (Phi) is 11.9. The van der Waals surface area contributed by atoms with Crippen LogP contribution in [0.1, 0.15) is 78.1 Å². The number of carboxylic acids is 1. The average molecular weight is 655 g/mol. The van der Waals surface area contributed by atoms with Gasteiger partial charge in [0.2, 0.25) is 5.91 Å². The first kappa shape index (κ1) is 36.8. The van der Waals surface area contributed by atoms with Gasteiger partial charge in [-0.3, -0.25) is 4.79 Å². The summed E-state index contributed by atoms with van der Waals surface area (Å²) in [6.07, 6.45) is 4.67. The van der Waals surface area contributed by atoms with E-state index in [4.69, 9.17) is 9.97 Å². The second kappa shape index (κ2) is 15.5. The van der Waals surface area contributed by atoms with Crippen molar-refractivity contribution in [1.82, 2.24) is 30.2 Å². The number of aryl methyl sites for hydroxylation is 3. The number of fused-ring (bicyclic) bond motifs is 8. The van der Waals surface area contributed by atoms with E-state index < -0.39 is 5.97 Å². The fraction of sp³-hybridized carbons (Fsp3) is 0.316. The molecule has 8 bridgehead atoms. The summed E-state index contributed by atoms with van der Waals surface area (Å²) in [7, 11) is 3.95. The number of carboxylic acid groups (broad SMARTS) is 1. The monoisotopic (exact) mass is 654 g/mol. The van der Waals surface area contributed by atoms with Crippen molar-refractivity contribution in [1.29, 1.82) is 0 Å². The van der Waals surface area contributed by atoms with E-state index >= 15 is 0 Å². The summed E-state index contributed by atoms with van der Waals surface area (Å²) in [4.78, 5) is 43.6. The van der Waals surface area contributed by atoms with Crippen LogP contribution in [0.25, 0.3) is 50.4 Å². The summed E-state index contributed by atoms with van der Waals surface area (Å²) in [5.41, 5.74) is 14.2. The first-order valence-corrected chi connectivity index (χ1v) is 15.9. The van der Waals surface area contributed by atoms with Crippen LogP contribution in [0.5, 0.6) is 0 Å². The topological polar surface area (TPSA) is 130 Å². The van der Waals surface area contributed by atoms with Crippen LogP contribution in [0.2, 0.25) is 0 Å². The summed E-state index contributed by atoms with van der Waals surface area (Å²) >= 11 is 0. The van der Waals surface area contributed by atoms with Gasteiger partial charge in [-0.2, -0.15) is 0 Å². The molecule has 0 unspecified atom stereocenters. The van der Waals surface area contributed by atoms with Gasteiger partial charge in [0.15, 0.2) is 0 Å². The summed E-state index contributed by atoms with van der Waals surface area (Å²) in [5, 5.41) is 14.5. The maximum atomic E-state index is 12.8. The largest absolute Gasteiger partial charge is 1.00 e. The number of aliphatic carboxylic acids is 1. The van der Waals surface area contributed by atoms with Gasteiger partial charge in [0.1, 0.15) is 0 Å². The molecule has 0 aliphatic carbocycles. The molecule has 2 aliphatic heterocycles. The number of allylic oxidation sites excluding steroid dienone is 5. The van der Waals surface area contributed by atoms with Crippen LogP contribution in [0, 0.1) is 13.8 Å². The van der Waals surface area contributed by atoms with Crippen molar-refractivity contribution in [2.75, 3.05) is 27.2 Å². The maximum absolute atomic E-state index is 12.8. The number of carbonyl (C=O) groups is 2. The van der Waals surface area contributed by atoms with Crippen LogP contribution in [-0.2, 0) is 16.0 Å². The van der Waals surface area contributed by atoms with E-state index in [9.17, 15) is 14.7 Å². The Morgan fingerprint density at radius 3 is 2.08 bits per heavy atom. The zero-order valence-corrected chi connectivity index (χ0v) is 31.2. The quantitative estimate of drug-likeness (QED) is 0.273. The summed E-state index contributed by atoms with van der Waals surface area (Å²) in [6.45, 7) is 17.6. The van der Waals surface area contributed by atoms with Crippen molar-refractivity contribution in [3.8, 4) is 0 Å². The second-order valence-electron chi connectivity index (χ2n) is 12.5. The number of carbonyl (C=O) groups excluding carboxylic acids is 2. The summed E-state index contributed by atoms with van der Waals surface area (Å²) in [6, 6.07) is 8.05. The molecule has 3 aromatic heterocycles. The summed E-state index contributed by atoms with van der Waals surface area (Å²) < 4.78 is 0. The molecule has 244 valence electrons. The molecule has 48 heavy (non-hydrogen) atoms. The van der Waals surface area contributed by atoms with Crippen molar-refractivity contribution in [2.24, 2.45) is 0 Å². The molecule has 10 heteroatoms. The molecule has 0 saturated carbocycles. The number of nitrogens with one attached hydrogen (secondary N) is 3. The van der Waals surface area contributed by atoms with Gasteiger partial charge in [0.05, 0.1) is 22.8 Å². The van der Waals surface area contributed by atoms with Gasteiger partial charge in [-0.05, 0) is 119 Å². The number of H-pyrrole nitrogens is 2. The SMILES string of the molecule is C=CC1=C(C)c2cc3[nH]c(cc4nc(cc5[nH]c(cc1n2)c(C)c5CCC(=O)NCCN(C)C)C(CCC(=O)[O-])=C4C)c(C)c3C=C.[Na+]. The third-order valence-corrected chi connectivity index (χ3v) is 9.11. The molecule has 0 aromatic carbocycles. The van der Waals surface area contributed by atoms with Crippen LogP contribution in [0.4, 0.5) is 0 Å². The van der Waals surface area contributed by atoms with E-state index in [2.05, 4.69) is 28.4 Å². The van der Waals surface area contributed by atoms with Gasteiger partial charge in [-0.15, -0.1) is 0 Å². The van der Waals surface area contributed by atoms with Crippen molar-refractivity contribution in [3.63, 3.8) is 0 Å². The molecule has 5 heterocycles. The summed E-state index contributed by atoms with van der Waals surface area (Å²) in [5.74, 6) is -1.13. The molecule has 1 amide bonds. The fourth-order valence-electron chi connectivity index (χ4n) is 6.28. The van der Waals surface area contributed by atoms with Gasteiger partial charge >= 0.3 is 29.6 Å². The number of likely N-dealkylation sites (N-methyl/N-ethyl adjacent to an activating group) is 1. The molecule has 3 aromatic rings. The molecule has 0 spiro atoms. The first-order chi connectivity index (χ1) is 22.4.